The molecule has 1 saturated heterocycles. The van der Waals surface area contributed by atoms with Gasteiger partial charge < -0.3 is 16.0 Å². The summed E-state index contributed by atoms with van der Waals surface area (Å²) < 4.78 is 1.96. The second-order valence-corrected chi connectivity index (χ2v) is 10.2. The van der Waals surface area contributed by atoms with Crippen molar-refractivity contribution >= 4 is 40.6 Å². The van der Waals surface area contributed by atoms with Crippen molar-refractivity contribution in [3.63, 3.8) is 0 Å². The smallest absolute Gasteiger partial charge is 0.256 e. The van der Waals surface area contributed by atoms with Gasteiger partial charge in [0.2, 0.25) is 5.91 Å². The van der Waals surface area contributed by atoms with Crippen LogP contribution in [0.5, 0.6) is 0 Å². The van der Waals surface area contributed by atoms with Crippen LogP contribution in [0, 0.1) is 11.8 Å². The molecule has 3 atom stereocenters. The first-order valence-electron chi connectivity index (χ1n) is 12.5. The van der Waals surface area contributed by atoms with Crippen molar-refractivity contribution in [3.05, 3.63) is 84.1 Å². The molecular weight excluding hydrogens is 502 g/mol. The van der Waals surface area contributed by atoms with E-state index in [1.165, 1.54) is 12.3 Å². The molecule has 6 rings (SSSR count). The molecular formula is C28H26ClN7O2. The summed E-state index contributed by atoms with van der Waals surface area (Å²) >= 11 is 5.99. The zero-order chi connectivity index (χ0) is 26.4. The second kappa shape index (κ2) is 9.57. The van der Waals surface area contributed by atoms with E-state index in [-0.39, 0.29) is 17.9 Å². The molecule has 2 aliphatic rings. The fourth-order valence-electron chi connectivity index (χ4n) is 5.92. The Hall–Kier alpha value is -4.24. The Bertz CT molecular complexity index is 1570. The number of aromatic nitrogens is 4. The molecule has 38 heavy (non-hydrogen) atoms. The molecule has 4 aromatic rings. The number of likely N-dealkylation sites (tertiary alicyclic amines) is 1. The van der Waals surface area contributed by atoms with Gasteiger partial charge in [-0.2, -0.15) is 0 Å². The van der Waals surface area contributed by atoms with Gasteiger partial charge in [0.25, 0.3) is 5.91 Å². The fraction of sp³-hybridized carbons (Fsp3) is 0.250. The number of carbonyl (C=O) groups is 2. The maximum Gasteiger partial charge on any atom is 0.256 e. The summed E-state index contributed by atoms with van der Waals surface area (Å²) in [6.45, 7) is 4.42. The molecule has 2 fully saturated rings. The SMILES string of the molecule is C=CC(=O)N1CC2CCCC2[C@H]1c1nc(-c2ccc(C(=O)Nc3cc(Cl)ccn3)cc2)c2c(N)nccn12. The van der Waals surface area contributed by atoms with Gasteiger partial charge in [-0.25, -0.2) is 15.0 Å². The van der Waals surface area contributed by atoms with Crippen LogP contribution in [-0.2, 0) is 4.79 Å². The van der Waals surface area contributed by atoms with Crippen LogP contribution in [0.4, 0.5) is 11.6 Å². The Morgan fingerprint density at radius 1 is 1.13 bits per heavy atom. The van der Waals surface area contributed by atoms with E-state index >= 15 is 0 Å². The molecule has 10 heteroatoms. The molecule has 3 N–H and O–H groups in total. The third kappa shape index (κ3) is 4.09. The van der Waals surface area contributed by atoms with Crippen molar-refractivity contribution in [2.75, 3.05) is 17.6 Å². The zero-order valence-electron chi connectivity index (χ0n) is 20.5. The Kier molecular flexibility index (Phi) is 6.07. The largest absolute Gasteiger partial charge is 0.382 e. The standard InChI is InChI=1S/C28H26ClN7O2/c1-2-22(37)36-15-18-4-3-5-20(18)24(36)27-34-23(25-26(30)32-12-13-35(25)27)16-6-8-17(9-7-16)28(38)33-21-14-19(29)10-11-31-21/h2,6-14,18,20,24H,1,3-5,15H2,(H2,30,32)(H,31,33,38)/t18?,20?,24-/m0/s1. The summed E-state index contributed by atoms with van der Waals surface area (Å²) in [6.07, 6.45) is 9.70. The summed E-state index contributed by atoms with van der Waals surface area (Å²) in [6, 6.07) is 10.2. The van der Waals surface area contributed by atoms with Crippen LogP contribution in [-0.4, -0.2) is 42.6 Å². The van der Waals surface area contributed by atoms with Crippen LogP contribution in [0.15, 0.2) is 67.6 Å². The maximum atomic E-state index is 12.8. The highest BCUT2D eigenvalue weighted by molar-refractivity contribution is 6.30. The number of pyridine rings is 1. The molecule has 0 radical (unpaired) electrons. The van der Waals surface area contributed by atoms with E-state index in [1.54, 1.807) is 30.5 Å². The highest BCUT2D eigenvalue weighted by Crippen LogP contribution is 2.50. The average molecular weight is 528 g/mol. The van der Waals surface area contributed by atoms with Crippen LogP contribution in [0.25, 0.3) is 16.8 Å². The minimum absolute atomic E-state index is 0.0886. The van der Waals surface area contributed by atoms with Crippen LogP contribution < -0.4 is 11.1 Å². The predicted molar refractivity (Wildman–Crippen MR) is 146 cm³/mol. The number of nitrogens with zero attached hydrogens (tertiary/aromatic N) is 5. The van der Waals surface area contributed by atoms with Gasteiger partial charge in [-0.1, -0.05) is 36.7 Å². The van der Waals surface area contributed by atoms with Gasteiger partial charge in [0, 0.05) is 41.3 Å². The number of halogens is 1. The number of nitrogen functional groups attached to an aromatic ring is 1. The van der Waals surface area contributed by atoms with Gasteiger partial charge in [-0.3, -0.25) is 14.0 Å². The normalized spacial score (nSPS) is 20.4. The van der Waals surface area contributed by atoms with Crippen molar-refractivity contribution in [2.45, 2.75) is 25.3 Å². The Morgan fingerprint density at radius 2 is 1.95 bits per heavy atom. The first-order valence-corrected chi connectivity index (χ1v) is 12.9. The fourth-order valence-corrected chi connectivity index (χ4v) is 6.08. The second-order valence-electron chi connectivity index (χ2n) is 9.73. The lowest BCUT2D eigenvalue weighted by Gasteiger charge is -2.26. The van der Waals surface area contributed by atoms with Crippen molar-refractivity contribution < 1.29 is 9.59 Å². The summed E-state index contributed by atoms with van der Waals surface area (Å²) in [7, 11) is 0. The minimum Gasteiger partial charge on any atom is -0.382 e. The Labute approximate surface area is 224 Å². The molecule has 1 aliphatic heterocycles. The minimum atomic E-state index is -0.306. The van der Waals surface area contributed by atoms with Crippen molar-refractivity contribution in [1.82, 2.24) is 24.3 Å². The van der Waals surface area contributed by atoms with Crippen LogP contribution in [0.1, 0.15) is 41.5 Å². The molecule has 2 amide bonds. The lowest BCUT2D eigenvalue weighted by molar-refractivity contribution is -0.127. The molecule has 1 saturated carbocycles. The molecule has 2 unspecified atom stereocenters. The number of benzene rings is 1. The van der Waals surface area contributed by atoms with Gasteiger partial charge in [-0.05, 0) is 55.0 Å². The number of rotatable bonds is 5. The molecule has 1 aromatic carbocycles. The van der Waals surface area contributed by atoms with Crippen molar-refractivity contribution in [3.8, 4) is 11.3 Å². The van der Waals surface area contributed by atoms with Crippen molar-refractivity contribution in [1.29, 1.82) is 0 Å². The number of carbonyl (C=O) groups excluding carboxylic acids is 2. The first-order chi connectivity index (χ1) is 18.4. The lowest BCUT2D eigenvalue weighted by atomic mass is 9.93. The van der Waals surface area contributed by atoms with E-state index < -0.39 is 0 Å². The van der Waals surface area contributed by atoms with E-state index in [0.717, 1.165) is 30.7 Å². The number of amides is 2. The summed E-state index contributed by atoms with van der Waals surface area (Å²) in [5.41, 5.74) is 8.93. The molecule has 9 nitrogen and oxygen atoms in total. The first kappa shape index (κ1) is 24.1. The van der Waals surface area contributed by atoms with Crippen LogP contribution in [0.3, 0.4) is 0 Å². The number of anilines is 2. The van der Waals surface area contributed by atoms with Gasteiger partial charge in [-0.15, -0.1) is 0 Å². The van der Waals surface area contributed by atoms with E-state index in [1.807, 2.05) is 27.6 Å². The molecule has 4 heterocycles. The van der Waals surface area contributed by atoms with E-state index in [0.29, 0.717) is 51.8 Å². The average Bonchev–Trinajstić information content (AvgIpc) is 3.62. The number of hydrogen-bond donors (Lipinski definition) is 2. The molecule has 192 valence electrons. The molecule has 3 aromatic heterocycles. The zero-order valence-corrected chi connectivity index (χ0v) is 21.3. The quantitative estimate of drug-likeness (QED) is 0.361. The lowest BCUT2D eigenvalue weighted by Crippen LogP contribution is -2.32. The van der Waals surface area contributed by atoms with Gasteiger partial charge in [0.05, 0.1) is 6.04 Å². The summed E-state index contributed by atoms with van der Waals surface area (Å²) in [4.78, 5) is 41.0. The topological polar surface area (TPSA) is 119 Å². The Morgan fingerprint density at radius 3 is 2.71 bits per heavy atom. The molecule has 0 bridgehead atoms. The van der Waals surface area contributed by atoms with E-state index in [2.05, 4.69) is 21.9 Å². The predicted octanol–water partition coefficient (Wildman–Crippen LogP) is 4.76. The summed E-state index contributed by atoms with van der Waals surface area (Å²) in [5, 5.41) is 3.24. The van der Waals surface area contributed by atoms with Gasteiger partial charge in [0.15, 0.2) is 0 Å². The number of fused-ring (bicyclic) bond motifs is 2. The maximum absolute atomic E-state index is 12.8. The number of hydrogen-bond acceptors (Lipinski definition) is 6. The number of nitrogens with one attached hydrogen (secondary N) is 1. The van der Waals surface area contributed by atoms with E-state index in [4.69, 9.17) is 22.3 Å². The van der Waals surface area contributed by atoms with Crippen LogP contribution >= 0.6 is 11.6 Å². The summed E-state index contributed by atoms with van der Waals surface area (Å²) in [5.74, 6) is 1.87. The monoisotopic (exact) mass is 527 g/mol. The number of nitrogens with two attached hydrogens (primary N) is 1. The van der Waals surface area contributed by atoms with E-state index in [9.17, 15) is 9.59 Å². The Balaban J connectivity index is 1.38. The van der Waals surface area contributed by atoms with Crippen molar-refractivity contribution in [2.24, 2.45) is 11.8 Å². The van der Waals surface area contributed by atoms with Gasteiger partial charge in [0.1, 0.15) is 28.7 Å². The number of imidazole rings is 1. The molecule has 0 spiro atoms. The highest BCUT2D eigenvalue weighted by Gasteiger charge is 2.48. The highest BCUT2D eigenvalue weighted by atomic mass is 35.5. The van der Waals surface area contributed by atoms with Gasteiger partial charge >= 0.3 is 0 Å². The third-order valence-electron chi connectivity index (χ3n) is 7.61. The van der Waals surface area contributed by atoms with Crippen LogP contribution in [0.2, 0.25) is 5.02 Å². The third-order valence-corrected chi connectivity index (χ3v) is 7.84. The molecule has 1 aliphatic carbocycles.